The maximum atomic E-state index is 15.0. The van der Waals surface area contributed by atoms with Crippen LogP contribution in [-0.2, 0) is 32.7 Å². The Hall–Kier alpha value is -4.93. The minimum Gasteiger partial charge on any atom is -0.444 e. The summed E-state index contributed by atoms with van der Waals surface area (Å²) in [6.45, 7) is 11.9. The first-order valence-electron chi connectivity index (χ1n) is 16.4. The Labute approximate surface area is 296 Å². The lowest BCUT2D eigenvalue weighted by Gasteiger charge is -2.32. The number of alkyl halides is 6. The molecule has 2 aromatic heterocycles. The fourth-order valence-electron chi connectivity index (χ4n) is 5.38. The molecule has 2 atom stereocenters. The maximum absolute atomic E-state index is 15.0. The van der Waals surface area contributed by atoms with Crippen LogP contribution in [0, 0.1) is 0 Å². The molecule has 0 radical (unpaired) electrons. The van der Waals surface area contributed by atoms with Gasteiger partial charge in [-0.05, 0) is 64.5 Å². The van der Waals surface area contributed by atoms with E-state index >= 15 is 13.2 Å². The van der Waals surface area contributed by atoms with Crippen LogP contribution < -0.4 is 10.6 Å². The first-order valence-corrected chi connectivity index (χ1v) is 16.4. The summed E-state index contributed by atoms with van der Waals surface area (Å²) < 4.78 is 105. The van der Waals surface area contributed by atoms with E-state index in [0.717, 1.165) is 0 Å². The highest BCUT2D eigenvalue weighted by Crippen LogP contribution is 2.47. The molecule has 0 saturated carbocycles. The first kappa shape index (κ1) is 39.8. The zero-order valence-corrected chi connectivity index (χ0v) is 28.9. The largest absolute Gasteiger partial charge is 0.444 e. The van der Waals surface area contributed by atoms with E-state index in [0.29, 0.717) is 37.6 Å². The number of anilines is 2. The molecule has 1 fully saturated rings. The average molecular weight is 739 g/mol. The molecule has 17 heteroatoms. The van der Waals surface area contributed by atoms with Gasteiger partial charge in [0.05, 0.1) is 17.9 Å². The summed E-state index contributed by atoms with van der Waals surface area (Å²) in [7, 11) is 0. The molecule has 1 saturated heterocycles. The number of pyridine rings is 1. The number of nitrogens with one attached hydrogen (secondary N) is 2. The Morgan fingerprint density at radius 1 is 1.02 bits per heavy atom. The number of halogens is 6. The van der Waals surface area contributed by atoms with Gasteiger partial charge in [-0.15, -0.1) is 23.4 Å². The van der Waals surface area contributed by atoms with Crippen LogP contribution in [0.15, 0.2) is 66.1 Å². The molecule has 1 aliphatic heterocycles. The fraction of sp³-hybridized carbons (Fsp3) is 0.457. The van der Waals surface area contributed by atoms with Crippen molar-refractivity contribution in [2.45, 2.75) is 89.1 Å². The quantitative estimate of drug-likeness (QED) is 0.124. The number of nitrogens with zero attached hydrogens (tertiary/aromatic N) is 4. The van der Waals surface area contributed by atoms with Crippen LogP contribution in [0.4, 0.5) is 42.6 Å². The van der Waals surface area contributed by atoms with Crippen molar-refractivity contribution < 1.29 is 49.8 Å². The van der Waals surface area contributed by atoms with E-state index in [9.17, 15) is 22.8 Å². The Morgan fingerprint density at radius 2 is 1.69 bits per heavy atom. The number of hydrogen-bond donors (Lipinski definition) is 2. The molecule has 1 aromatic carbocycles. The Kier molecular flexibility index (Phi) is 12.4. The molecule has 0 aliphatic carbocycles. The number of aromatic nitrogens is 3. The summed E-state index contributed by atoms with van der Waals surface area (Å²) in [5.74, 6) is -3.25. The second-order valence-corrected chi connectivity index (χ2v) is 13.0. The minimum atomic E-state index is -5.14. The molecule has 4 rings (SSSR count). The summed E-state index contributed by atoms with van der Waals surface area (Å²) in [5, 5.41) is 12.1. The molecule has 1 aliphatic rings. The smallest absolute Gasteiger partial charge is 0.426 e. The summed E-state index contributed by atoms with van der Waals surface area (Å²) in [6.07, 6.45) is -8.48. The molecular weight excluding hydrogens is 698 g/mol. The van der Waals surface area contributed by atoms with Gasteiger partial charge in [-0.3, -0.25) is 10.1 Å². The fourth-order valence-corrected chi connectivity index (χ4v) is 5.38. The van der Waals surface area contributed by atoms with E-state index in [1.807, 2.05) is 0 Å². The lowest BCUT2D eigenvalue weighted by Crippen LogP contribution is -2.45. The zero-order valence-electron chi connectivity index (χ0n) is 28.9. The monoisotopic (exact) mass is 738 g/mol. The van der Waals surface area contributed by atoms with Gasteiger partial charge in [0.1, 0.15) is 17.5 Å². The molecule has 282 valence electrons. The van der Waals surface area contributed by atoms with E-state index in [2.05, 4.69) is 39.0 Å². The number of ether oxygens (including phenoxy) is 2. The second-order valence-electron chi connectivity index (χ2n) is 13.0. The Morgan fingerprint density at radius 3 is 2.27 bits per heavy atom. The molecule has 0 bridgehead atoms. The molecule has 2 amide bonds. The van der Waals surface area contributed by atoms with Gasteiger partial charge in [-0.1, -0.05) is 42.5 Å². The number of hydrogen-bond acceptors (Lipinski definition) is 9. The molecular formula is C35H40F6N6O5. The third-order valence-electron chi connectivity index (χ3n) is 7.85. The van der Waals surface area contributed by atoms with E-state index < -0.39 is 89.2 Å². The van der Waals surface area contributed by atoms with Gasteiger partial charge in [0.2, 0.25) is 11.5 Å². The number of likely N-dealkylation sites (tertiary alicyclic amines) is 1. The standard InChI is InChI=1S/C35H40F6N6O5/c1-6-8-17-33(35(39,40)41,50-21-22-15-10-9-11-16-22)30-46-45-28(51-30)26-25(43-31(49)52-32(3,4)5)20-23(34(36,37)38)27(44-26)42-24(14-7-2)29(48)47-18-12-13-19-47/h6-7,9-11,15-16,20,24H,1-2,8,12-14,17-19,21H2,3-5H3,(H,42,44)(H,43,49)/t24?,33-/m1/s1. The van der Waals surface area contributed by atoms with Crippen LogP contribution in [0.2, 0.25) is 0 Å². The number of carbonyl (C=O) groups is 2. The molecule has 3 heterocycles. The molecule has 1 unspecified atom stereocenters. The van der Waals surface area contributed by atoms with Crippen LogP contribution in [-0.4, -0.2) is 63.0 Å². The van der Waals surface area contributed by atoms with Crippen molar-refractivity contribution >= 4 is 23.5 Å². The zero-order chi connectivity index (χ0) is 38.3. The predicted molar refractivity (Wildman–Crippen MR) is 179 cm³/mol. The first-order chi connectivity index (χ1) is 24.4. The van der Waals surface area contributed by atoms with Crippen LogP contribution in [0.25, 0.3) is 11.6 Å². The molecule has 3 aromatic rings. The van der Waals surface area contributed by atoms with Crippen molar-refractivity contribution in [2.24, 2.45) is 0 Å². The van der Waals surface area contributed by atoms with Gasteiger partial charge >= 0.3 is 18.4 Å². The van der Waals surface area contributed by atoms with Gasteiger partial charge < -0.3 is 24.1 Å². The third-order valence-corrected chi connectivity index (χ3v) is 7.85. The van der Waals surface area contributed by atoms with Crippen LogP contribution in [0.1, 0.15) is 69.9 Å². The Bertz CT molecular complexity index is 1720. The summed E-state index contributed by atoms with van der Waals surface area (Å²) in [6, 6.07) is 7.25. The van der Waals surface area contributed by atoms with Crippen molar-refractivity contribution in [3.63, 3.8) is 0 Å². The van der Waals surface area contributed by atoms with E-state index in [1.54, 1.807) is 30.3 Å². The van der Waals surface area contributed by atoms with E-state index in [4.69, 9.17) is 13.9 Å². The van der Waals surface area contributed by atoms with Crippen LogP contribution >= 0.6 is 0 Å². The normalized spacial score (nSPS) is 15.4. The lowest BCUT2D eigenvalue weighted by atomic mass is 9.96. The summed E-state index contributed by atoms with van der Waals surface area (Å²) in [5.41, 5.74) is -6.62. The van der Waals surface area contributed by atoms with Crippen molar-refractivity contribution in [2.75, 3.05) is 23.7 Å². The van der Waals surface area contributed by atoms with Gasteiger partial charge in [0.25, 0.3) is 11.8 Å². The third kappa shape index (κ3) is 9.68. The molecule has 0 spiro atoms. The number of allylic oxidation sites excluding steroid dienone is 1. The Balaban J connectivity index is 1.89. The second kappa shape index (κ2) is 16.2. The van der Waals surface area contributed by atoms with Crippen molar-refractivity contribution in [1.82, 2.24) is 20.1 Å². The molecule has 2 N–H and O–H groups in total. The maximum Gasteiger partial charge on any atom is 0.426 e. The number of rotatable bonds is 14. The van der Waals surface area contributed by atoms with Crippen molar-refractivity contribution in [3.8, 4) is 11.6 Å². The predicted octanol–water partition coefficient (Wildman–Crippen LogP) is 8.42. The summed E-state index contributed by atoms with van der Waals surface area (Å²) >= 11 is 0. The number of benzene rings is 1. The highest BCUT2D eigenvalue weighted by molar-refractivity contribution is 5.91. The van der Waals surface area contributed by atoms with Gasteiger partial charge in [-0.25, -0.2) is 9.78 Å². The molecule has 11 nitrogen and oxygen atoms in total. The van der Waals surface area contributed by atoms with E-state index in [1.165, 1.54) is 37.8 Å². The SMILES string of the molecule is C=CCC[C@@](OCc1ccccc1)(c1nnc(-c2nc(NC(CC=C)C(=O)N3CCCC3)c(C(F)(F)F)cc2NC(=O)OC(C)(C)C)o1)C(F)(F)F. The van der Waals surface area contributed by atoms with Crippen molar-refractivity contribution in [1.29, 1.82) is 0 Å². The van der Waals surface area contributed by atoms with Gasteiger partial charge in [-0.2, -0.15) is 26.3 Å². The lowest BCUT2D eigenvalue weighted by molar-refractivity contribution is -0.299. The summed E-state index contributed by atoms with van der Waals surface area (Å²) in [4.78, 5) is 31.7. The van der Waals surface area contributed by atoms with E-state index in [-0.39, 0.29) is 12.8 Å². The average Bonchev–Trinajstić information content (AvgIpc) is 3.77. The minimum absolute atomic E-state index is 0.0948. The van der Waals surface area contributed by atoms with Gasteiger partial charge in [0.15, 0.2) is 5.69 Å². The topological polar surface area (TPSA) is 132 Å². The number of amides is 2. The molecule has 52 heavy (non-hydrogen) atoms. The van der Waals surface area contributed by atoms with Gasteiger partial charge in [0, 0.05) is 13.1 Å². The van der Waals surface area contributed by atoms with Crippen molar-refractivity contribution in [3.05, 3.63) is 78.7 Å². The van der Waals surface area contributed by atoms with Crippen LogP contribution in [0.5, 0.6) is 0 Å². The highest BCUT2D eigenvalue weighted by atomic mass is 19.4. The van der Waals surface area contributed by atoms with Crippen LogP contribution in [0.3, 0.4) is 0 Å². The number of carbonyl (C=O) groups excluding carboxylic acids is 2. The highest BCUT2D eigenvalue weighted by Gasteiger charge is 2.61.